The number of benzene rings is 1. The van der Waals surface area contributed by atoms with E-state index in [0.29, 0.717) is 18.2 Å². The van der Waals surface area contributed by atoms with Crippen molar-refractivity contribution < 1.29 is 9.53 Å². The van der Waals surface area contributed by atoms with Crippen LogP contribution in [-0.4, -0.2) is 33.0 Å². The van der Waals surface area contributed by atoms with Crippen molar-refractivity contribution in [2.24, 2.45) is 0 Å². The molecule has 0 aliphatic rings. The minimum Gasteiger partial charge on any atom is -0.494 e. The molecule has 0 aliphatic heterocycles. The largest absolute Gasteiger partial charge is 0.494 e. The first-order valence-corrected chi connectivity index (χ1v) is 9.79. The summed E-state index contributed by atoms with van der Waals surface area (Å²) in [5.41, 5.74) is 1.21. The van der Waals surface area contributed by atoms with E-state index in [9.17, 15) is 4.79 Å². The Balaban J connectivity index is 1.43. The maximum absolute atomic E-state index is 12.1. The average Bonchev–Trinajstić information content (AvgIpc) is 3.14. The van der Waals surface area contributed by atoms with Crippen molar-refractivity contribution in [1.29, 1.82) is 0 Å². The van der Waals surface area contributed by atoms with E-state index in [-0.39, 0.29) is 5.91 Å². The topological polar surface area (TPSA) is 69.0 Å². The molecule has 3 aromatic rings. The fourth-order valence-corrected chi connectivity index (χ4v) is 3.17. The van der Waals surface area contributed by atoms with Gasteiger partial charge in [0.2, 0.25) is 5.91 Å². The molecule has 0 saturated heterocycles. The second-order valence-electron chi connectivity index (χ2n) is 5.81. The molecule has 7 heteroatoms. The first kappa shape index (κ1) is 19.0. The van der Waals surface area contributed by atoms with Gasteiger partial charge >= 0.3 is 0 Å². The molecule has 0 spiro atoms. The number of aromatic nitrogens is 3. The summed E-state index contributed by atoms with van der Waals surface area (Å²) in [6.45, 7) is 3.35. The molecule has 27 heavy (non-hydrogen) atoms. The van der Waals surface area contributed by atoms with Gasteiger partial charge in [0.25, 0.3) is 0 Å². The number of thioether (sulfide) groups is 1. The van der Waals surface area contributed by atoms with E-state index in [1.165, 1.54) is 17.3 Å². The number of carbonyl (C=O) groups excluding carboxylic acids is 1. The van der Waals surface area contributed by atoms with Gasteiger partial charge in [-0.3, -0.25) is 14.5 Å². The lowest BCUT2D eigenvalue weighted by molar-refractivity contribution is -0.113. The summed E-state index contributed by atoms with van der Waals surface area (Å²) in [7, 11) is 0. The first-order chi connectivity index (χ1) is 13.2. The number of hydrogen-bond acceptors (Lipinski definition) is 5. The van der Waals surface area contributed by atoms with Crippen molar-refractivity contribution in [2.75, 3.05) is 17.7 Å². The van der Waals surface area contributed by atoms with E-state index in [1.807, 2.05) is 60.3 Å². The van der Waals surface area contributed by atoms with Crippen LogP contribution < -0.4 is 10.1 Å². The monoisotopic (exact) mass is 382 g/mol. The summed E-state index contributed by atoms with van der Waals surface area (Å²) < 4.78 is 7.24. The highest BCUT2D eigenvalue weighted by Gasteiger charge is 2.07. The number of nitrogens with one attached hydrogen (secondary N) is 1. The zero-order valence-corrected chi connectivity index (χ0v) is 16.0. The van der Waals surface area contributed by atoms with Gasteiger partial charge in [0, 0.05) is 36.1 Å². The van der Waals surface area contributed by atoms with Crippen LogP contribution in [0.15, 0.2) is 66.0 Å². The Bertz CT molecular complexity index is 850. The number of pyridine rings is 1. The Morgan fingerprint density at radius 3 is 2.67 bits per heavy atom. The molecular formula is C20H22N4O2S. The van der Waals surface area contributed by atoms with Crippen molar-refractivity contribution in [3.8, 4) is 5.75 Å². The van der Waals surface area contributed by atoms with Gasteiger partial charge in [0.1, 0.15) is 5.75 Å². The van der Waals surface area contributed by atoms with Crippen LogP contribution in [-0.2, 0) is 17.8 Å². The van der Waals surface area contributed by atoms with E-state index in [0.717, 1.165) is 23.6 Å². The number of amides is 1. The molecule has 6 nitrogen and oxygen atoms in total. The van der Waals surface area contributed by atoms with Crippen molar-refractivity contribution in [3.63, 3.8) is 0 Å². The summed E-state index contributed by atoms with van der Waals surface area (Å²) in [5.74, 6) is 1.66. The highest BCUT2D eigenvalue weighted by atomic mass is 32.2. The molecule has 140 valence electrons. The van der Waals surface area contributed by atoms with Crippen molar-refractivity contribution in [3.05, 3.63) is 66.6 Å². The number of rotatable bonds is 9. The lowest BCUT2D eigenvalue weighted by atomic mass is 10.2. The van der Waals surface area contributed by atoms with Crippen molar-refractivity contribution >= 4 is 23.5 Å². The first-order valence-electron chi connectivity index (χ1n) is 8.81. The molecule has 2 aromatic heterocycles. The molecule has 3 rings (SSSR count). The van der Waals surface area contributed by atoms with E-state index >= 15 is 0 Å². The molecule has 0 aliphatic carbocycles. The number of ether oxygens (including phenoxy) is 1. The summed E-state index contributed by atoms with van der Waals surface area (Å²) in [6, 6.07) is 13.5. The zero-order chi connectivity index (χ0) is 18.9. The Labute approximate surface area is 163 Å². The van der Waals surface area contributed by atoms with Gasteiger partial charge in [0.05, 0.1) is 12.4 Å². The smallest absolute Gasteiger partial charge is 0.235 e. The number of hydrogen-bond donors (Lipinski definition) is 1. The summed E-state index contributed by atoms with van der Waals surface area (Å²) in [5, 5.41) is 7.23. The van der Waals surface area contributed by atoms with Gasteiger partial charge in [0.15, 0.2) is 5.82 Å². The number of carbonyl (C=O) groups is 1. The SMILES string of the molecule is CCOc1ccc(SCC(=O)Nc2ccn(CCc3ccncc3)n2)cc1. The third-order valence-corrected chi connectivity index (χ3v) is 4.80. The third kappa shape index (κ3) is 6.14. The van der Waals surface area contributed by atoms with Crippen LogP contribution in [0, 0.1) is 0 Å². The van der Waals surface area contributed by atoms with Gasteiger partial charge in [-0.1, -0.05) is 0 Å². The molecule has 0 fully saturated rings. The molecule has 0 saturated carbocycles. The Morgan fingerprint density at radius 1 is 1.15 bits per heavy atom. The van der Waals surface area contributed by atoms with E-state index < -0.39 is 0 Å². The molecular weight excluding hydrogens is 360 g/mol. The number of aryl methyl sites for hydroxylation is 2. The fraction of sp³-hybridized carbons (Fsp3) is 0.250. The second-order valence-corrected chi connectivity index (χ2v) is 6.86. The normalized spacial score (nSPS) is 10.6. The van der Waals surface area contributed by atoms with E-state index in [4.69, 9.17) is 4.74 Å². The minimum absolute atomic E-state index is 0.0757. The van der Waals surface area contributed by atoms with Crippen LogP contribution in [0.2, 0.25) is 0 Å². The maximum Gasteiger partial charge on any atom is 0.235 e. The molecule has 0 bridgehead atoms. The minimum atomic E-state index is -0.0757. The molecule has 0 unspecified atom stereocenters. The van der Waals surface area contributed by atoms with Crippen molar-refractivity contribution in [2.45, 2.75) is 24.8 Å². The quantitative estimate of drug-likeness (QED) is 0.572. The average molecular weight is 382 g/mol. The maximum atomic E-state index is 12.1. The molecule has 1 amide bonds. The molecule has 0 atom stereocenters. The van der Waals surface area contributed by atoms with Crippen LogP contribution in [0.4, 0.5) is 5.82 Å². The Morgan fingerprint density at radius 2 is 1.93 bits per heavy atom. The predicted molar refractivity (Wildman–Crippen MR) is 107 cm³/mol. The molecule has 1 N–H and O–H groups in total. The van der Waals surface area contributed by atoms with Gasteiger partial charge in [-0.25, -0.2) is 0 Å². The molecule has 1 aromatic carbocycles. The predicted octanol–water partition coefficient (Wildman–Crippen LogP) is 3.65. The second kappa shape index (κ2) is 9.78. The fourth-order valence-electron chi connectivity index (χ4n) is 2.47. The number of nitrogens with zero attached hydrogens (tertiary/aromatic N) is 3. The number of anilines is 1. The van der Waals surface area contributed by atoms with E-state index in [1.54, 1.807) is 12.4 Å². The summed E-state index contributed by atoms with van der Waals surface area (Å²) >= 11 is 1.48. The van der Waals surface area contributed by atoms with Gasteiger partial charge in [-0.05, 0) is 55.3 Å². The highest BCUT2D eigenvalue weighted by molar-refractivity contribution is 8.00. The highest BCUT2D eigenvalue weighted by Crippen LogP contribution is 2.21. The summed E-state index contributed by atoms with van der Waals surface area (Å²) in [6.07, 6.45) is 6.31. The summed E-state index contributed by atoms with van der Waals surface area (Å²) in [4.78, 5) is 17.2. The molecule has 0 radical (unpaired) electrons. The van der Waals surface area contributed by atoms with Crippen LogP contribution in [0.5, 0.6) is 5.75 Å². The van der Waals surface area contributed by atoms with E-state index in [2.05, 4.69) is 15.4 Å². The standard InChI is InChI=1S/C20H22N4O2S/c1-2-26-17-3-5-18(6-4-17)27-15-20(25)22-19-10-14-24(23-19)13-9-16-7-11-21-12-8-16/h3-8,10-12,14H,2,9,13,15H2,1H3,(H,22,23,25). The molecule has 2 heterocycles. The van der Waals surface area contributed by atoms with Crippen molar-refractivity contribution in [1.82, 2.24) is 14.8 Å². The van der Waals surface area contributed by atoms with Crippen LogP contribution >= 0.6 is 11.8 Å². The van der Waals surface area contributed by atoms with Crippen LogP contribution in [0.25, 0.3) is 0 Å². The lowest BCUT2D eigenvalue weighted by Gasteiger charge is -2.05. The van der Waals surface area contributed by atoms with Gasteiger partial charge < -0.3 is 10.1 Å². The lowest BCUT2D eigenvalue weighted by Crippen LogP contribution is -2.15. The third-order valence-electron chi connectivity index (χ3n) is 3.79. The van der Waals surface area contributed by atoms with Crippen LogP contribution in [0.3, 0.4) is 0 Å². The van der Waals surface area contributed by atoms with Gasteiger partial charge in [-0.2, -0.15) is 5.10 Å². The van der Waals surface area contributed by atoms with Gasteiger partial charge in [-0.15, -0.1) is 11.8 Å². The Hall–Kier alpha value is -2.80. The zero-order valence-electron chi connectivity index (χ0n) is 15.2. The van der Waals surface area contributed by atoms with Crippen LogP contribution in [0.1, 0.15) is 12.5 Å². The Kier molecular flexibility index (Phi) is 6.87.